The summed E-state index contributed by atoms with van der Waals surface area (Å²) in [5.74, 6) is 0.644. The van der Waals surface area contributed by atoms with Gasteiger partial charge in [0.1, 0.15) is 17.2 Å². The third-order valence-electron chi connectivity index (χ3n) is 6.68. The molecule has 18 heteroatoms. The first-order valence-electron chi connectivity index (χ1n) is 14.5. The van der Waals surface area contributed by atoms with Crippen molar-refractivity contribution in [2.75, 3.05) is 49.6 Å². The number of pyridine rings is 1. The third-order valence-corrected chi connectivity index (χ3v) is 8.71. The minimum Gasteiger partial charge on any atom is -0.459 e. The Balaban J connectivity index is 1.70. The van der Waals surface area contributed by atoms with Crippen LogP contribution in [0.2, 0.25) is 0 Å². The van der Waals surface area contributed by atoms with Gasteiger partial charge in [-0.05, 0) is 37.6 Å². The van der Waals surface area contributed by atoms with E-state index in [-0.39, 0.29) is 50.7 Å². The van der Waals surface area contributed by atoms with Crippen molar-refractivity contribution in [3.8, 4) is 12.1 Å². The van der Waals surface area contributed by atoms with Gasteiger partial charge < -0.3 is 39.1 Å². The van der Waals surface area contributed by atoms with Crippen LogP contribution >= 0.6 is 16.3 Å². The van der Waals surface area contributed by atoms with E-state index in [2.05, 4.69) is 20.7 Å². The first-order valence-corrected chi connectivity index (χ1v) is 17.2. The Kier molecular flexibility index (Phi) is 14.0. The van der Waals surface area contributed by atoms with Crippen LogP contribution in [0.4, 0.5) is 17.2 Å². The molecule has 0 aliphatic carbocycles. The molecule has 3 aromatic rings. The van der Waals surface area contributed by atoms with Crippen LogP contribution in [0.3, 0.4) is 0 Å². The van der Waals surface area contributed by atoms with E-state index in [1.54, 1.807) is 57.6 Å². The second-order valence-corrected chi connectivity index (χ2v) is 12.9. The van der Waals surface area contributed by atoms with Gasteiger partial charge in [-0.3, -0.25) is 18.9 Å². The summed E-state index contributed by atoms with van der Waals surface area (Å²) in [4.78, 5) is 50.9. The maximum atomic E-state index is 13.1. The highest BCUT2D eigenvalue weighted by molar-refractivity contribution is 7.54. The lowest BCUT2D eigenvalue weighted by Crippen LogP contribution is -2.37. The van der Waals surface area contributed by atoms with Crippen molar-refractivity contribution in [3.05, 3.63) is 53.4 Å². The largest absolute Gasteiger partial charge is 0.459 e. The number of aryl methyl sites for hydroxylation is 1. The van der Waals surface area contributed by atoms with Crippen molar-refractivity contribution in [1.29, 1.82) is 10.5 Å². The average molecular weight is 702 g/mol. The summed E-state index contributed by atoms with van der Waals surface area (Å²) in [6.07, 6.45) is 5.06. The van der Waals surface area contributed by atoms with E-state index in [1.165, 1.54) is 17.9 Å². The third kappa shape index (κ3) is 10.8. The van der Waals surface area contributed by atoms with Gasteiger partial charge in [0.25, 0.3) is 0 Å². The van der Waals surface area contributed by atoms with Crippen molar-refractivity contribution < 1.29 is 41.9 Å². The molecule has 0 aliphatic rings. The van der Waals surface area contributed by atoms with E-state index in [0.29, 0.717) is 45.6 Å². The fraction of sp³-hybridized carbons (Fsp3) is 0.367. The van der Waals surface area contributed by atoms with E-state index < -0.39 is 21.9 Å². The molecule has 16 nitrogen and oxygen atoms in total. The highest BCUT2D eigenvalue weighted by Crippen LogP contribution is 2.45. The maximum Gasteiger partial charge on any atom is 0.430 e. The summed E-state index contributed by atoms with van der Waals surface area (Å²) >= 11 is 0. The summed E-state index contributed by atoms with van der Waals surface area (Å²) in [5, 5.41) is 26.4. The molecule has 3 atom stereocenters. The first kappa shape index (κ1) is 38.1. The smallest absolute Gasteiger partial charge is 0.430 e. The SMILES string of the molecule is CNc1ncc(/C=C/C(=O)N(C)Cc2c(C)oc3c(NP(=O)(O)OCCC#N)cccc23)cc1NC[C@](C)(C=O)OP(O)OCCC#N. The van der Waals surface area contributed by atoms with E-state index in [0.717, 1.165) is 0 Å². The van der Waals surface area contributed by atoms with E-state index in [4.69, 9.17) is 28.5 Å². The molecule has 1 aromatic carbocycles. The van der Waals surface area contributed by atoms with E-state index >= 15 is 0 Å². The number of amides is 1. The van der Waals surface area contributed by atoms with Gasteiger partial charge in [0.15, 0.2) is 11.9 Å². The van der Waals surface area contributed by atoms with Gasteiger partial charge in [0.05, 0.1) is 56.1 Å². The molecule has 2 aromatic heterocycles. The van der Waals surface area contributed by atoms with Crippen LogP contribution in [0.25, 0.3) is 17.0 Å². The Morgan fingerprint density at radius 3 is 2.67 bits per heavy atom. The van der Waals surface area contributed by atoms with Gasteiger partial charge in [-0.2, -0.15) is 10.5 Å². The zero-order valence-electron chi connectivity index (χ0n) is 26.8. The number of hydrogen-bond donors (Lipinski definition) is 5. The number of aromatic nitrogens is 1. The quantitative estimate of drug-likeness (QED) is 0.0488. The number of nitrogens with one attached hydrogen (secondary N) is 3. The van der Waals surface area contributed by atoms with Crippen LogP contribution in [0.15, 0.2) is 41.0 Å². The summed E-state index contributed by atoms with van der Waals surface area (Å²) in [6, 6.07) is 10.4. The minimum absolute atomic E-state index is 0.0376. The van der Waals surface area contributed by atoms with Crippen molar-refractivity contribution in [3.63, 3.8) is 0 Å². The number of likely N-dealkylation sites (N-methyl/N-ethyl adjacent to an activating group) is 1. The molecule has 48 heavy (non-hydrogen) atoms. The molecule has 0 saturated heterocycles. The summed E-state index contributed by atoms with van der Waals surface area (Å²) in [6.45, 7) is 3.06. The lowest BCUT2D eigenvalue weighted by molar-refractivity contribution is -0.125. The Hall–Kier alpha value is -4.37. The number of fused-ring (bicyclic) bond motifs is 1. The molecule has 0 radical (unpaired) electrons. The second-order valence-electron chi connectivity index (χ2n) is 10.5. The second kappa shape index (κ2) is 17.7. The standard InChI is InChI=1S/C30H37N7O9P2/c1-21-24(23-8-5-9-25(28(23)45-21)36-48(41,42)44-15-7-13-32)18-37(4)27(39)11-10-22-16-26(29(33-3)34-17-22)35-19-30(2,20-38)46-47(40)43-14-6-12-31/h5,8-11,16-17,20,35,40H,6-7,14-15,18-19H2,1-4H3,(H,33,34)(H2,36,41,42)/b11-10+/t30-,47?/m1/s1. The van der Waals surface area contributed by atoms with Crippen LogP contribution in [-0.4, -0.2) is 71.3 Å². The Morgan fingerprint density at radius 2 is 1.98 bits per heavy atom. The Morgan fingerprint density at radius 1 is 1.25 bits per heavy atom. The molecule has 3 rings (SSSR count). The van der Waals surface area contributed by atoms with E-state index in [9.17, 15) is 23.9 Å². The molecule has 5 N–H and O–H groups in total. The lowest BCUT2D eigenvalue weighted by Gasteiger charge is -2.26. The molecule has 0 bridgehead atoms. The zero-order chi connectivity index (χ0) is 35.3. The predicted molar refractivity (Wildman–Crippen MR) is 179 cm³/mol. The minimum atomic E-state index is -4.26. The average Bonchev–Trinajstić information content (AvgIpc) is 3.37. The predicted octanol–water partition coefficient (Wildman–Crippen LogP) is 4.83. The number of furan rings is 1. The fourth-order valence-corrected chi connectivity index (χ4v) is 5.88. The number of hydrogen-bond acceptors (Lipinski definition) is 13. The van der Waals surface area contributed by atoms with Crippen molar-refractivity contribution >= 4 is 62.8 Å². The number of nitrogens with zero attached hydrogens (tertiary/aromatic N) is 4. The lowest BCUT2D eigenvalue weighted by atomic mass is 10.1. The summed E-state index contributed by atoms with van der Waals surface area (Å²) < 4.78 is 33.7. The van der Waals surface area contributed by atoms with Crippen LogP contribution < -0.4 is 15.7 Å². The number of para-hydroxylation sites is 1. The van der Waals surface area contributed by atoms with Crippen LogP contribution in [0.5, 0.6) is 0 Å². The van der Waals surface area contributed by atoms with Crippen LogP contribution in [0, 0.1) is 29.6 Å². The Bertz CT molecular complexity index is 1750. The van der Waals surface area contributed by atoms with Gasteiger partial charge in [0.2, 0.25) is 5.91 Å². The number of aldehydes is 1. The molecule has 2 heterocycles. The molecule has 256 valence electrons. The molecular weight excluding hydrogens is 664 g/mol. The molecule has 0 fully saturated rings. The van der Waals surface area contributed by atoms with Crippen molar-refractivity contribution in [1.82, 2.24) is 9.88 Å². The number of anilines is 3. The molecular formula is C30H37N7O9P2. The summed E-state index contributed by atoms with van der Waals surface area (Å²) in [5.41, 5.74) is 0.846. The summed E-state index contributed by atoms with van der Waals surface area (Å²) in [7, 11) is -3.37. The monoisotopic (exact) mass is 701 g/mol. The van der Waals surface area contributed by atoms with Crippen molar-refractivity contribution in [2.45, 2.75) is 38.8 Å². The molecule has 0 spiro atoms. The number of nitriles is 2. The highest BCUT2D eigenvalue weighted by atomic mass is 31.2. The molecule has 2 unspecified atom stereocenters. The topological polar surface area (TPSA) is 232 Å². The van der Waals surface area contributed by atoms with Gasteiger partial charge in [-0.25, -0.2) is 9.55 Å². The molecule has 1 amide bonds. The van der Waals surface area contributed by atoms with Gasteiger partial charge in [-0.1, -0.05) is 12.1 Å². The Labute approximate surface area is 278 Å². The molecule has 0 saturated carbocycles. The number of carbonyl (C=O) groups excluding carboxylic acids is 2. The normalized spacial score (nSPS) is 14.3. The number of rotatable bonds is 19. The van der Waals surface area contributed by atoms with Gasteiger partial charge in [0, 0.05) is 43.9 Å². The van der Waals surface area contributed by atoms with Gasteiger partial charge in [-0.15, -0.1) is 0 Å². The highest BCUT2D eigenvalue weighted by Gasteiger charge is 2.30. The molecule has 0 aliphatic heterocycles. The number of carbonyl (C=O) groups is 2. The zero-order valence-corrected chi connectivity index (χ0v) is 28.6. The van der Waals surface area contributed by atoms with Crippen LogP contribution in [-0.2, 0) is 34.3 Å². The maximum absolute atomic E-state index is 13.1. The van der Waals surface area contributed by atoms with E-state index in [1.807, 2.05) is 12.1 Å². The fourth-order valence-electron chi connectivity index (χ4n) is 4.23. The number of benzene rings is 1. The first-order chi connectivity index (χ1) is 22.8. The van der Waals surface area contributed by atoms with Crippen molar-refractivity contribution in [2.24, 2.45) is 0 Å². The van der Waals surface area contributed by atoms with Gasteiger partial charge >= 0.3 is 16.3 Å². The van der Waals surface area contributed by atoms with Crippen LogP contribution in [0.1, 0.15) is 36.7 Å².